The lowest BCUT2D eigenvalue weighted by Crippen LogP contribution is -2.42. The van der Waals surface area contributed by atoms with Crippen molar-refractivity contribution in [1.82, 2.24) is 20.1 Å². The van der Waals surface area contributed by atoms with Crippen molar-refractivity contribution in [3.63, 3.8) is 0 Å². The highest BCUT2D eigenvalue weighted by Crippen LogP contribution is 2.48. The van der Waals surface area contributed by atoms with Crippen LogP contribution in [0.15, 0.2) is 73.1 Å². The monoisotopic (exact) mass is 557 g/mol. The molecule has 0 unspecified atom stereocenters. The summed E-state index contributed by atoms with van der Waals surface area (Å²) in [5.41, 5.74) is 4.68. The van der Waals surface area contributed by atoms with Crippen molar-refractivity contribution in [2.24, 2.45) is 0 Å². The van der Waals surface area contributed by atoms with E-state index in [0.29, 0.717) is 12.4 Å². The van der Waals surface area contributed by atoms with Crippen molar-refractivity contribution in [3.05, 3.63) is 107 Å². The van der Waals surface area contributed by atoms with Gasteiger partial charge in [-0.05, 0) is 48.4 Å². The summed E-state index contributed by atoms with van der Waals surface area (Å²) in [5, 5.41) is 7.62. The van der Waals surface area contributed by atoms with Gasteiger partial charge >= 0.3 is 0 Å². The molecule has 0 bridgehead atoms. The lowest BCUT2D eigenvalue weighted by Gasteiger charge is -2.24. The van der Waals surface area contributed by atoms with E-state index in [1.54, 1.807) is 23.1 Å². The first-order valence-electron chi connectivity index (χ1n) is 13.2. The average Bonchev–Trinajstić information content (AvgIpc) is 3.26. The zero-order chi connectivity index (χ0) is 28.4. The van der Waals surface area contributed by atoms with E-state index in [9.17, 15) is 14.0 Å². The third-order valence-electron chi connectivity index (χ3n) is 6.74. The summed E-state index contributed by atoms with van der Waals surface area (Å²) >= 11 is 1.43. The highest BCUT2D eigenvalue weighted by atomic mass is 32.2. The van der Waals surface area contributed by atoms with Crippen LogP contribution in [-0.2, 0) is 21.5 Å². The second-order valence-electron chi connectivity index (χ2n) is 10.9. The molecule has 2 amide bonds. The maximum absolute atomic E-state index is 14.4. The number of aryl methyl sites for hydroxylation is 1. The molecule has 4 aromatic rings. The summed E-state index contributed by atoms with van der Waals surface area (Å²) in [6.07, 6.45) is 3.37. The number of hydrogen-bond acceptors (Lipinski definition) is 5. The molecule has 9 heteroatoms. The zero-order valence-electron chi connectivity index (χ0n) is 23.0. The molecule has 1 N–H and O–H groups in total. The number of hydrogen-bond donors (Lipinski definition) is 1. The van der Waals surface area contributed by atoms with Gasteiger partial charge in [0.05, 0.1) is 22.4 Å². The molecule has 1 atom stereocenters. The Labute approximate surface area is 237 Å². The number of pyridine rings is 1. The standard InChI is InChI=1S/C31H32FN5O2S/c1-20-10-12-24(13-11-20)37-30-27(29(35-37)31(2,3)4)28(22-8-5-9-23(32)15-22)40-19-26(39)36(30)18-25(38)34-17-21-7-6-14-33-16-21/h5-16,28H,17-19H2,1-4H3,(H,34,38)/t28-/m1/s1. The van der Waals surface area contributed by atoms with Gasteiger partial charge in [0, 0.05) is 29.9 Å². The van der Waals surface area contributed by atoms with Crippen LogP contribution in [0.1, 0.15) is 54.0 Å². The molecule has 0 spiro atoms. The van der Waals surface area contributed by atoms with Crippen LogP contribution in [0.5, 0.6) is 0 Å². The van der Waals surface area contributed by atoms with Crippen LogP contribution in [0.3, 0.4) is 0 Å². The molecule has 206 valence electrons. The van der Waals surface area contributed by atoms with Gasteiger partial charge in [-0.3, -0.25) is 19.5 Å². The number of benzene rings is 2. The molecule has 5 rings (SSSR count). The number of rotatable bonds is 6. The topological polar surface area (TPSA) is 80.1 Å². The minimum Gasteiger partial charge on any atom is -0.350 e. The summed E-state index contributed by atoms with van der Waals surface area (Å²) < 4.78 is 16.2. The minimum absolute atomic E-state index is 0.128. The fourth-order valence-corrected chi connectivity index (χ4v) is 5.96. The molecule has 0 saturated heterocycles. The molecular formula is C31H32FN5O2S. The second-order valence-corrected chi connectivity index (χ2v) is 12.0. The Hall–Kier alpha value is -3.98. The Morgan fingerprint density at radius 3 is 2.58 bits per heavy atom. The number of thioether (sulfide) groups is 1. The summed E-state index contributed by atoms with van der Waals surface area (Å²) in [7, 11) is 0. The Balaban J connectivity index is 1.65. The minimum atomic E-state index is -0.395. The zero-order valence-corrected chi connectivity index (χ0v) is 23.8. The number of nitrogens with one attached hydrogen (secondary N) is 1. The van der Waals surface area contributed by atoms with Gasteiger partial charge < -0.3 is 5.32 Å². The normalized spacial score (nSPS) is 15.5. The van der Waals surface area contributed by atoms with E-state index in [-0.39, 0.29) is 35.2 Å². The van der Waals surface area contributed by atoms with E-state index < -0.39 is 5.41 Å². The van der Waals surface area contributed by atoms with E-state index in [4.69, 9.17) is 5.10 Å². The Kier molecular flexibility index (Phi) is 7.76. The van der Waals surface area contributed by atoms with Crippen molar-refractivity contribution < 1.29 is 14.0 Å². The van der Waals surface area contributed by atoms with Gasteiger partial charge in [0.1, 0.15) is 18.2 Å². The number of carbonyl (C=O) groups excluding carboxylic acids is 2. The summed E-state index contributed by atoms with van der Waals surface area (Å²) in [4.78, 5) is 32.6. The number of fused-ring (bicyclic) bond motifs is 1. The number of halogens is 1. The number of anilines is 1. The van der Waals surface area contributed by atoms with Crippen molar-refractivity contribution in [2.45, 2.75) is 44.9 Å². The Morgan fingerprint density at radius 2 is 1.90 bits per heavy atom. The van der Waals surface area contributed by atoms with E-state index >= 15 is 0 Å². The number of aromatic nitrogens is 3. The fourth-order valence-electron chi connectivity index (χ4n) is 4.77. The molecule has 0 fully saturated rings. The van der Waals surface area contributed by atoms with Crippen LogP contribution >= 0.6 is 11.8 Å². The van der Waals surface area contributed by atoms with Crippen molar-refractivity contribution >= 4 is 29.4 Å². The molecule has 0 radical (unpaired) electrons. The molecule has 40 heavy (non-hydrogen) atoms. The molecule has 2 aromatic heterocycles. The first-order chi connectivity index (χ1) is 19.1. The highest BCUT2D eigenvalue weighted by Gasteiger charge is 2.40. The van der Waals surface area contributed by atoms with Gasteiger partial charge in [-0.1, -0.05) is 56.7 Å². The molecule has 2 aromatic carbocycles. The molecule has 7 nitrogen and oxygen atoms in total. The maximum Gasteiger partial charge on any atom is 0.240 e. The van der Waals surface area contributed by atoms with E-state index in [1.807, 2.05) is 49.4 Å². The van der Waals surface area contributed by atoms with Crippen LogP contribution in [0.2, 0.25) is 0 Å². The number of carbonyl (C=O) groups is 2. The van der Waals surface area contributed by atoms with Gasteiger partial charge in [-0.25, -0.2) is 9.07 Å². The van der Waals surface area contributed by atoms with Gasteiger partial charge in [0.15, 0.2) is 0 Å². The smallest absolute Gasteiger partial charge is 0.240 e. The van der Waals surface area contributed by atoms with Crippen LogP contribution in [0.4, 0.5) is 10.2 Å². The Morgan fingerprint density at radius 1 is 1.12 bits per heavy atom. The third kappa shape index (κ3) is 5.79. The predicted octanol–water partition coefficient (Wildman–Crippen LogP) is 5.50. The molecule has 1 aliphatic heterocycles. The predicted molar refractivity (Wildman–Crippen MR) is 156 cm³/mol. The van der Waals surface area contributed by atoms with Crippen LogP contribution in [0, 0.1) is 12.7 Å². The molecule has 1 aliphatic rings. The van der Waals surface area contributed by atoms with Crippen LogP contribution in [-0.4, -0.2) is 38.9 Å². The summed E-state index contributed by atoms with van der Waals surface area (Å²) in [5.74, 6) is -0.190. The lowest BCUT2D eigenvalue weighted by atomic mass is 9.87. The van der Waals surface area contributed by atoms with Crippen LogP contribution < -0.4 is 10.2 Å². The Bertz CT molecular complexity index is 1530. The number of nitrogens with zero attached hydrogens (tertiary/aromatic N) is 4. The SMILES string of the molecule is Cc1ccc(-n2nc(C(C)(C)C)c3c2N(CC(=O)NCc2cccnc2)C(=O)CS[C@@H]3c2cccc(F)c2)cc1. The highest BCUT2D eigenvalue weighted by molar-refractivity contribution is 8.00. The molecule has 3 heterocycles. The average molecular weight is 558 g/mol. The fraction of sp³-hybridized carbons (Fsp3) is 0.290. The first-order valence-corrected chi connectivity index (χ1v) is 14.2. The van der Waals surface area contributed by atoms with Gasteiger partial charge in [-0.15, -0.1) is 11.8 Å². The van der Waals surface area contributed by atoms with Crippen molar-refractivity contribution in [1.29, 1.82) is 0 Å². The van der Waals surface area contributed by atoms with E-state index in [1.165, 1.54) is 28.8 Å². The van der Waals surface area contributed by atoms with E-state index in [0.717, 1.165) is 33.6 Å². The summed E-state index contributed by atoms with van der Waals surface area (Å²) in [6.45, 7) is 8.34. The summed E-state index contributed by atoms with van der Waals surface area (Å²) in [6, 6.07) is 18.1. The molecular weight excluding hydrogens is 525 g/mol. The third-order valence-corrected chi connectivity index (χ3v) is 8.00. The second kappa shape index (κ2) is 11.3. The van der Waals surface area contributed by atoms with Gasteiger partial charge in [-0.2, -0.15) is 5.10 Å². The quantitative estimate of drug-likeness (QED) is 0.339. The van der Waals surface area contributed by atoms with E-state index in [2.05, 4.69) is 31.1 Å². The first kappa shape index (κ1) is 27.6. The van der Waals surface area contributed by atoms with Gasteiger partial charge in [0.25, 0.3) is 0 Å². The van der Waals surface area contributed by atoms with Gasteiger partial charge in [0.2, 0.25) is 11.8 Å². The number of amides is 2. The van der Waals surface area contributed by atoms with Crippen LogP contribution in [0.25, 0.3) is 5.69 Å². The largest absolute Gasteiger partial charge is 0.350 e. The molecule has 0 saturated carbocycles. The van der Waals surface area contributed by atoms with Crippen molar-refractivity contribution in [2.75, 3.05) is 17.2 Å². The van der Waals surface area contributed by atoms with Crippen molar-refractivity contribution in [3.8, 4) is 5.69 Å². The maximum atomic E-state index is 14.4. The lowest BCUT2D eigenvalue weighted by molar-refractivity contribution is -0.123. The molecule has 0 aliphatic carbocycles.